The maximum atomic E-state index is 8.45. The molecule has 1 fully saturated rings. The Balaban J connectivity index is 2.56. The lowest BCUT2D eigenvalue weighted by molar-refractivity contribution is 0.00476. The van der Waals surface area contributed by atoms with Crippen molar-refractivity contribution in [1.82, 2.24) is 4.90 Å². The van der Waals surface area contributed by atoms with E-state index in [1.165, 1.54) is 0 Å². The average molecular weight is 180 g/mol. The largest absolute Gasteiger partial charge is 0.379 e. The molecule has 0 radical (unpaired) electrons. The summed E-state index contributed by atoms with van der Waals surface area (Å²) in [5.41, 5.74) is -0.0283. The van der Waals surface area contributed by atoms with Crippen LogP contribution in [0.25, 0.3) is 0 Å². The summed E-state index contributed by atoms with van der Waals surface area (Å²) in [6.45, 7) is 7.72. The van der Waals surface area contributed by atoms with Gasteiger partial charge < -0.3 is 4.74 Å². The maximum Gasteiger partial charge on any atom is 0.0909 e. The Morgan fingerprint density at radius 1 is 1.38 bits per heavy atom. The fraction of sp³-hybridized carbons (Fsp3) is 0.700. The Morgan fingerprint density at radius 3 is 2.54 bits per heavy atom. The van der Waals surface area contributed by atoms with Crippen LogP contribution in [0.15, 0.2) is 12.2 Å². The van der Waals surface area contributed by atoms with Crippen molar-refractivity contribution in [2.24, 2.45) is 0 Å². The van der Waals surface area contributed by atoms with E-state index in [0.717, 1.165) is 26.3 Å². The van der Waals surface area contributed by atoms with Crippen LogP contribution in [0.4, 0.5) is 0 Å². The molecule has 72 valence electrons. The van der Waals surface area contributed by atoms with Crippen LogP contribution < -0.4 is 0 Å². The second-order valence-electron chi connectivity index (χ2n) is 3.72. The third-order valence-electron chi connectivity index (χ3n) is 2.39. The van der Waals surface area contributed by atoms with Crippen LogP contribution in [0.5, 0.6) is 0 Å². The maximum absolute atomic E-state index is 8.45. The first-order valence-corrected chi connectivity index (χ1v) is 4.57. The van der Waals surface area contributed by atoms with E-state index in [9.17, 15) is 0 Å². The van der Waals surface area contributed by atoms with E-state index in [0.29, 0.717) is 0 Å². The molecule has 0 N–H and O–H groups in total. The molecule has 0 unspecified atom stereocenters. The minimum Gasteiger partial charge on any atom is -0.379 e. The Labute approximate surface area is 79.6 Å². The zero-order valence-corrected chi connectivity index (χ0v) is 8.29. The van der Waals surface area contributed by atoms with Gasteiger partial charge in [-0.15, -0.1) is 0 Å². The van der Waals surface area contributed by atoms with Crippen molar-refractivity contribution < 1.29 is 4.74 Å². The number of nitrogens with zero attached hydrogens (tertiary/aromatic N) is 2. The molecule has 0 atom stereocenters. The predicted molar refractivity (Wildman–Crippen MR) is 51.2 cm³/mol. The number of nitriles is 1. The third-order valence-corrected chi connectivity index (χ3v) is 2.39. The lowest BCUT2D eigenvalue weighted by Gasteiger charge is -2.38. The summed E-state index contributed by atoms with van der Waals surface area (Å²) in [6.07, 6.45) is 3.49. The van der Waals surface area contributed by atoms with Gasteiger partial charge in [0.05, 0.1) is 19.3 Å². The lowest BCUT2D eigenvalue weighted by atomic mass is 10.0. The topological polar surface area (TPSA) is 36.3 Å². The minimum absolute atomic E-state index is 0.0283. The molecule has 13 heavy (non-hydrogen) atoms. The molecule has 0 amide bonds. The molecule has 0 aromatic rings. The van der Waals surface area contributed by atoms with E-state index in [4.69, 9.17) is 10.00 Å². The second-order valence-corrected chi connectivity index (χ2v) is 3.72. The standard InChI is InChI=1S/C10H16N2O/c1-10(2,4-3-5-11)12-6-8-13-9-7-12/h3-4H,6-9H2,1-2H3. The summed E-state index contributed by atoms with van der Waals surface area (Å²) in [4.78, 5) is 2.32. The molecule has 1 saturated heterocycles. The molecular formula is C10H16N2O. The first kappa shape index (κ1) is 10.2. The van der Waals surface area contributed by atoms with Crippen molar-refractivity contribution in [2.75, 3.05) is 26.3 Å². The highest BCUT2D eigenvalue weighted by molar-refractivity contribution is 5.11. The highest BCUT2D eigenvalue weighted by Gasteiger charge is 2.25. The summed E-state index contributed by atoms with van der Waals surface area (Å²) in [5.74, 6) is 0. The van der Waals surface area contributed by atoms with Crippen molar-refractivity contribution in [3.8, 4) is 6.07 Å². The molecule has 1 aliphatic rings. The van der Waals surface area contributed by atoms with E-state index >= 15 is 0 Å². The fourth-order valence-electron chi connectivity index (χ4n) is 1.49. The van der Waals surface area contributed by atoms with E-state index in [1.54, 1.807) is 6.08 Å². The molecule has 0 aliphatic carbocycles. The number of hydrogen-bond acceptors (Lipinski definition) is 3. The summed E-state index contributed by atoms with van der Waals surface area (Å²) >= 11 is 0. The summed E-state index contributed by atoms with van der Waals surface area (Å²) in [7, 11) is 0. The van der Waals surface area contributed by atoms with E-state index < -0.39 is 0 Å². The second kappa shape index (κ2) is 4.40. The van der Waals surface area contributed by atoms with E-state index in [-0.39, 0.29) is 5.54 Å². The Kier molecular flexibility index (Phi) is 3.47. The Hall–Kier alpha value is -0.850. The van der Waals surface area contributed by atoms with Gasteiger partial charge in [-0.2, -0.15) is 5.26 Å². The molecule has 0 bridgehead atoms. The van der Waals surface area contributed by atoms with E-state index in [2.05, 4.69) is 18.7 Å². The number of rotatable bonds is 2. The zero-order valence-electron chi connectivity index (χ0n) is 8.29. The minimum atomic E-state index is -0.0283. The predicted octanol–water partition coefficient (Wildman–Crippen LogP) is 1.18. The quantitative estimate of drug-likeness (QED) is 0.599. The van der Waals surface area contributed by atoms with E-state index in [1.807, 2.05) is 12.1 Å². The molecule has 3 heteroatoms. The van der Waals surface area contributed by atoms with Gasteiger partial charge in [0.1, 0.15) is 0 Å². The molecular weight excluding hydrogens is 164 g/mol. The number of ether oxygens (including phenoxy) is 1. The molecule has 0 aromatic heterocycles. The third kappa shape index (κ3) is 2.83. The number of hydrogen-bond donors (Lipinski definition) is 0. The van der Waals surface area contributed by atoms with Gasteiger partial charge in [-0.05, 0) is 13.8 Å². The molecule has 1 rings (SSSR count). The van der Waals surface area contributed by atoms with Crippen LogP contribution in [-0.2, 0) is 4.74 Å². The van der Waals surface area contributed by atoms with Gasteiger partial charge in [-0.1, -0.05) is 6.08 Å². The van der Waals surface area contributed by atoms with Crippen molar-refractivity contribution in [1.29, 1.82) is 5.26 Å². The molecule has 3 nitrogen and oxygen atoms in total. The van der Waals surface area contributed by atoms with Crippen LogP contribution >= 0.6 is 0 Å². The monoisotopic (exact) mass is 180 g/mol. The zero-order chi connectivity index (χ0) is 9.73. The highest BCUT2D eigenvalue weighted by atomic mass is 16.5. The average Bonchev–Trinajstić information content (AvgIpc) is 2.16. The summed E-state index contributed by atoms with van der Waals surface area (Å²) in [5, 5.41) is 8.45. The van der Waals surface area contributed by atoms with Crippen LogP contribution in [0.3, 0.4) is 0 Å². The number of allylic oxidation sites excluding steroid dienone is 1. The SMILES string of the molecule is CC(C)(C=CC#N)N1CCOCC1. The van der Waals surface area contributed by atoms with Crippen LogP contribution in [0.1, 0.15) is 13.8 Å². The van der Waals surface area contributed by atoms with Gasteiger partial charge in [0.15, 0.2) is 0 Å². The first-order valence-electron chi connectivity index (χ1n) is 4.57. The molecule has 1 aliphatic heterocycles. The van der Waals surface area contributed by atoms with Gasteiger partial charge in [0.25, 0.3) is 0 Å². The highest BCUT2D eigenvalue weighted by Crippen LogP contribution is 2.17. The molecule has 0 aromatic carbocycles. The first-order chi connectivity index (χ1) is 6.17. The van der Waals surface area contributed by atoms with Crippen LogP contribution in [0.2, 0.25) is 0 Å². The van der Waals surface area contributed by atoms with Crippen molar-refractivity contribution in [3.05, 3.63) is 12.2 Å². The van der Waals surface area contributed by atoms with Crippen molar-refractivity contribution >= 4 is 0 Å². The van der Waals surface area contributed by atoms with Crippen molar-refractivity contribution in [2.45, 2.75) is 19.4 Å². The van der Waals surface area contributed by atoms with Gasteiger partial charge in [0.2, 0.25) is 0 Å². The van der Waals surface area contributed by atoms with Crippen LogP contribution in [-0.4, -0.2) is 36.7 Å². The fourth-order valence-corrected chi connectivity index (χ4v) is 1.49. The smallest absolute Gasteiger partial charge is 0.0909 e. The Morgan fingerprint density at radius 2 is 2.00 bits per heavy atom. The van der Waals surface area contributed by atoms with Gasteiger partial charge >= 0.3 is 0 Å². The molecule has 0 spiro atoms. The van der Waals surface area contributed by atoms with Gasteiger partial charge in [-0.3, -0.25) is 4.90 Å². The Bertz CT molecular complexity index is 222. The van der Waals surface area contributed by atoms with Gasteiger partial charge in [-0.25, -0.2) is 0 Å². The van der Waals surface area contributed by atoms with Gasteiger partial charge in [0, 0.05) is 24.7 Å². The summed E-state index contributed by atoms with van der Waals surface area (Å²) in [6, 6.07) is 2.02. The van der Waals surface area contributed by atoms with Crippen molar-refractivity contribution in [3.63, 3.8) is 0 Å². The lowest BCUT2D eigenvalue weighted by Crippen LogP contribution is -2.48. The van der Waals surface area contributed by atoms with Crippen LogP contribution in [0, 0.1) is 11.3 Å². The number of morpholine rings is 1. The normalized spacial score (nSPS) is 20.4. The molecule has 0 saturated carbocycles. The summed E-state index contributed by atoms with van der Waals surface area (Å²) < 4.78 is 5.27. The molecule has 1 heterocycles.